The molecule has 0 atom stereocenters. The Morgan fingerprint density at radius 1 is 1.14 bits per heavy atom. The summed E-state index contributed by atoms with van der Waals surface area (Å²) >= 11 is 0. The molecule has 0 aliphatic rings. The minimum absolute atomic E-state index is 0.0661. The summed E-state index contributed by atoms with van der Waals surface area (Å²) in [6.07, 6.45) is 1.44. The van der Waals surface area contributed by atoms with Gasteiger partial charge >= 0.3 is 0 Å². The second kappa shape index (κ2) is 5.56. The number of hydrogen-bond acceptors (Lipinski definition) is 2. The summed E-state index contributed by atoms with van der Waals surface area (Å²) in [6.45, 7) is 8.17. The molecule has 1 aromatic heterocycles. The molecule has 0 fully saturated rings. The zero-order valence-corrected chi connectivity index (χ0v) is 12.8. The van der Waals surface area contributed by atoms with Gasteiger partial charge in [-0.05, 0) is 30.0 Å². The van der Waals surface area contributed by atoms with Crippen molar-refractivity contribution in [1.29, 1.82) is 0 Å². The van der Waals surface area contributed by atoms with Gasteiger partial charge in [-0.25, -0.2) is 0 Å². The van der Waals surface area contributed by atoms with Gasteiger partial charge < -0.3 is 10.3 Å². The molecule has 0 bridgehead atoms. The maximum atomic E-state index is 12.1. The summed E-state index contributed by atoms with van der Waals surface area (Å²) in [4.78, 5) is 26.7. The van der Waals surface area contributed by atoms with Gasteiger partial charge in [0.2, 0.25) is 0 Å². The van der Waals surface area contributed by atoms with Gasteiger partial charge in [-0.3, -0.25) is 9.59 Å². The van der Waals surface area contributed by atoms with Gasteiger partial charge in [0.15, 0.2) is 5.43 Å². The number of benzene rings is 1. The van der Waals surface area contributed by atoms with Crippen LogP contribution in [-0.4, -0.2) is 10.9 Å². The summed E-state index contributed by atoms with van der Waals surface area (Å²) in [6, 6.07) is 9.07. The average Bonchev–Trinajstić information content (AvgIpc) is 2.38. The Kier molecular flexibility index (Phi) is 3.98. The lowest BCUT2D eigenvalue weighted by Crippen LogP contribution is -2.21. The summed E-state index contributed by atoms with van der Waals surface area (Å²) < 4.78 is 0. The Bertz CT molecular complexity index is 707. The Morgan fingerprint density at radius 3 is 2.29 bits per heavy atom. The molecule has 0 unspecified atom stereocenters. The number of rotatable bonds is 2. The maximum Gasteiger partial charge on any atom is 0.261 e. The van der Waals surface area contributed by atoms with Crippen molar-refractivity contribution < 1.29 is 4.79 Å². The lowest BCUT2D eigenvalue weighted by Gasteiger charge is -2.19. The van der Waals surface area contributed by atoms with Crippen molar-refractivity contribution in [2.45, 2.75) is 33.1 Å². The van der Waals surface area contributed by atoms with Crippen LogP contribution in [0.3, 0.4) is 0 Å². The van der Waals surface area contributed by atoms with Crippen molar-refractivity contribution >= 4 is 11.6 Å². The monoisotopic (exact) mass is 284 g/mol. The summed E-state index contributed by atoms with van der Waals surface area (Å²) in [5.41, 5.74) is 2.49. The molecule has 1 aromatic carbocycles. The standard InChI is InChI=1S/C17H20N2O2/c1-11-9-15(20)14(10-18-11)16(21)19-13-7-5-12(6-8-13)17(2,3)4/h5-10H,1-4H3,(H,18,20)(H,19,21). The first-order valence-corrected chi connectivity index (χ1v) is 6.88. The first kappa shape index (κ1) is 15.0. The molecule has 0 saturated carbocycles. The smallest absolute Gasteiger partial charge is 0.261 e. The number of pyridine rings is 1. The molecule has 4 heteroatoms. The minimum Gasteiger partial charge on any atom is -0.364 e. The molecule has 0 radical (unpaired) electrons. The van der Waals surface area contributed by atoms with Crippen LogP contribution in [0.5, 0.6) is 0 Å². The highest BCUT2D eigenvalue weighted by Crippen LogP contribution is 2.23. The Labute approximate surface area is 124 Å². The van der Waals surface area contributed by atoms with Crippen LogP contribution in [0.15, 0.2) is 41.3 Å². The van der Waals surface area contributed by atoms with Gasteiger partial charge in [-0.15, -0.1) is 0 Å². The van der Waals surface area contributed by atoms with E-state index in [0.29, 0.717) is 5.69 Å². The van der Waals surface area contributed by atoms with E-state index in [-0.39, 0.29) is 16.4 Å². The van der Waals surface area contributed by atoms with Crippen LogP contribution in [0.25, 0.3) is 0 Å². The molecule has 1 heterocycles. The highest BCUT2D eigenvalue weighted by Gasteiger charge is 2.14. The number of aryl methyl sites for hydroxylation is 1. The van der Waals surface area contributed by atoms with E-state index >= 15 is 0 Å². The molecule has 2 N–H and O–H groups in total. The van der Waals surface area contributed by atoms with Crippen molar-refractivity contribution in [3.63, 3.8) is 0 Å². The number of aromatic amines is 1. The molecular weight excluding hydrogens is 264 g/mol. The van der Waals surface area contributed by atoms with E-state index < -0.39 is 5.91 Å². The number of anilines is 1. The molecular formula is C17H20N2O2. The number of carbonyl (C=O) groups is 1. The first-order valence-electron chi connectivity index (χ1n) is 6.88. The first-order chi connectivity index (χ1) is 9.77. The number of amides is 1. The predicted molar refractivity (Wildman–Crippen MR) is 84.9 cm³/mol. The van der Waals surface area contributed by atoms with Crippen molar-refractivity contribution in [2.24, 2.45) is 0 Å². The fourth-order valence-electron chi connectivity index (χ4n) is 2.00. The molecule has 2 aromatic rings. The van der Waals surface area contributed by atoms with E-state index in [1.54, 1.807) is 6.92 Å². The zero-order chi connectivity index (χ0) is 15.6. The van der Waals surface area contributed by atoms with Crippen molar-refractivity contribution in [2.75, 3.05) is 5.32 Å². The van der Waals surface area contributed by atoms with Crippen LogP contribution < -0.4 is 10.7 Å². The van der Waals surface area contributed by atoms with Crippen LogP contribution in [0, 0.1) is 6.92 Å². The van der Waals surface area contributed by atoms with Gasteiger partial charge in [0.25, 0.3) is 5.91 Å². The zero-order valence-electron chi connectivity index (χ0n) is 12.8. The molecule has 0 aliphatic carbocycles. The number of H-pyrrole nitrogens is 1. The topological polar surface area (TPSA) is 62.0 Å². The third kappa shape index (κ3) is 3.60. The van der Waals surface area contributed by atoms with Crippen LogP contribution in [0.4, 0.5) is 5.69 Å². The van der Waals surface area contributed by atoms with E-state index in [4.69, 9.17) is 0 Å². The summed E-state index contributed by atoms with van der Waals surface area (Å²) in [5.74, 6) is -0.403. The van der Waals surface area contributed by atoms with Crippen LogP contribution in [-0.2, 0) is 5.41 Å². The van der Waals surface area contributed by atoms with Crippen molar-refractivity contribution in [3.8, 4) is 0 Å². The van der Waals surface area contributed by atoms with Crippen molar-refractivity contribution in [1.82, 2.24) is 4.98 Å². The normalized spacial score (nSPS) is 11.2. The van der Waals surface area contributed by atoms with Gasteiger partial charge in [0, 0.05) is 23.6 Å². The molecule has 0 spiro atoms. The molecule has 4 nitrogen and oxygen atoms in total. The minimum atomic E-state index is -0.403. The van der Waals surface area contributed by atoms with E-state index in [2.05, 4.69) is 31.1 Å². The maximum absolute atomic E-state index is 12.1. The molecule has 110 valence electrons. The van der Waals surface area contributed by atoms with Gasteiger partial charge in [-0.2, -0.15) is 0 Å². The van der Waals surface area contributed by atoms with Crippen LogP contribution in [0.1, 0.15) is 42.4 Å². The average molecular weight is 284 g/mol. The fourth-order valence-corrected chi connectivity index (χ4v) is 2.00. The van der Waals surface area contributed by atoms with Gasteiger partial charge in [0.05, 0.1) is 0 Å². The van der Waals surface area contributed by atoms with Crippen LogP contribution >= 0.6 is 0 Å². The molecule has 0 saturated heterocycles. The number of carbonyl (C=O) groups excluding carboxylic acids is 1. The lowest BCUT2D eigenvalue weighted by atomic mass is 9.87. The number of nitrogens with one attached hydrogen (secondary N) is 2. The summed E-state index contributed by atoms with van der Waals surface area (Å²) in [5, 5.41) is 2.74. The molecule has 2 rings (SSSR count). The second-order valence-electron chi connectivity index (χ2n) is 6.18. The highest BCUT2D eigenvalue weighted by molar-refractivity contribution is 6.03. The SMILES string of the molecule is Cc1cc(=O)c(C(=O)Nc2ccc(C(C)(C)C)cc2)c[nH]1. The third-order valence-electron chi connectivity index (χ3n) is 3.31. The van der Waals surface area contributed by atoms with E-state index in [9.17, 15) is 9.59 Å². The quantitative estimate of drug-likeness (QED) is 0.889. The number of hydrogen-bond donors (Lipinski definition) is 2. The highest BCUT2D eigenvalue weighted by atomic mass is 16.2. The molecule has 1 amide bonds. The molecule has 0 aliphatic heterocycles. The Balaban J connectivity index is 2.18. The third-order valence-corrected chi connectivity index (χ3v) is 3.31. The molecule has 21 heavy (non-hydrogen) atoms. The Hall–Kier alpha value is -2.36. The van der Waals surface area contributed by atoms with E-state index in [0.717, 1.165) is 5.69 Å². The van der Waals surface area contributed by atoms with Gasteiger partial charge in [0.1, 0.15) is 5.56 Å². The Morgan fingerprint density at radius 2 is 1.76 bits per heavy atom. The van der Waals surface area contributed by atoms with E-state index in [1.165, 1.54) is 17.8 Å². The predicted octanol–water partition coefficient (Wildman–Crippen LogP) is 3.23. The lowest BCUT2D eigenvalue weighted by molar-refractivity contribution is 0.102. The number of aromatic nitrogens is 1. The summed E-state index contributed by atoms with van der Waals surface area (Å²) in [7, 11) is 0. The van der Waals surface area contributed by atoms with Crippen molar-refractivity contribution in [3.05, 3.63) is 63.6 Å². The second-order valence-corrected chi connectivity index (χ2v) is 6.18. The van der Waals surface area contributed by atoms with Gasteiger partial charge in [-0.1, -0.05) is 32.9 Å². The fraction of sp³-hybridized carbons (Fsp3) is 0.294. The largest absolute Gasteiger partial charge is 0.364 e. The van der Waals surface area contributed by atoms with Crippen LogP contribution in [0.2, 0.25) is 0 Å². The van der Waals surface area contributed by atoms with E-state index in [1.807, 2.05) is 24.3 Å².